The Bertz CT molecular complexity index is 557. The monoisotopic (exact) mass is 349 g/mol. The van der Waals surface area contributed by atoms with Gasteiger partial charge in [0, 0.05) is 16.7 Å². The van der Waals surface area contributed by atoms with Gasteiger partial charge in [0.15, 0.2) is 0 Å². The van der Waals surface area contributed by atoms with Crippen LogP contribution in [0.25, 0.3) is 0 Å². The van der Waals surface area contributed by atoms with Gasteiger partial charge in [-0.15, -0.1) is 0 Å². The van der Waals surface area contributed by atoms with Crippen LogP contribution < -0.4 is 10.1 Å². The summed E-state index contributed by atoms with van der Waals surface area (Å²) in [5, 5.41) is 13.1. The second-order valence-corrected chi connectivity index (χ2v) is 5.77. The zero-order chi connectivity index (χ0) is 15.1. The van der Waals surface area contributed by atoms with Gasteiger partial charge < -0.3 is 15.2 Å². The fraction of sp³-hybridized carbons (Fsp3) is 0.294. The number of aliphatic hydroxyl groups is 1. The van der Waals surface area contributed by atoms with E-state index in [0.29, 0.717) is 6.54 Å². The van der Waals surface area contributed by atoms with Gasteiger partial charge in [-0.1, -0.05) is 41.1 Å². The van der Waals surface area contributed by atoms with Gasteiger partial charge in [-0.2, -0.15) is 0 Å². The molecule has 0 aliphatic rings. The molecule has 1 atom stereocenters. The molecule has 2 rings (SSSR count). The molecule has 2 aromatic carbocycles. The number of nitrogens with one attached hydrogen (secondary N) is 1. The number of ether oxygens (including phenoxy) is 1. The number of aryl methyl sites for hydroxylation is 1. The van der Waals surface area contributed by atoms with Crippen LogP contribution >= 0.6 is 15.9 Å². The molecule has 0 saturated heterocycles. The molecule has 0 bridgehead atoms. The molecule has 0 spiro atoms. The molecule has 2 N–H and O–H groups in total. The maximum atomic E-state index is 9.94. The Kier molecular flexibility index (Phi) is 6.08. The molecule has 0 aromatic heterocycles. The highest BCUT2D eigenvalue weighted by Crippen LogP contribution is 2.16. The van der Waals surface area contributed by atoms with Gasteiger partial charge in [0.1, 0.15) is 18.5 Å². The summed E-state index contributed by atoms with van der Waals surface area (Å²) in [7, 11) is 0. The van der Waals surface area contributed by atoms with Crippen molar-refractivity contribution in [2.45, 2.75) is 19.4 Å². The van der Waals surface area contributed by atoms with Crippen molar-refractivity contribution in [1.82, 2.24) is 0 Å². The normalized spacial score (nSPS) is 12.0. The minimum atomic E-state index is -0.560. The zero-order valence-corrected chi connectivity index (χ0v) is 13.6. The van der Waals surface area contributed by atoms with Gasteiger partial charge in [-0.3, -0.25) is 0 Å². The Morgan fingerprint density at radius 3 is 2.62 bits per heavy atom. The Labute approximate surface area is 134 Å². The van der Waals surface area contributed by atoms with Crippen molar-refractivity contribution < 1.29 is 9.84 Å². The molecule has 0 aliphatic carbocycles. The smallest absolute Gasteiger partial charge is 0.119 e. The average Bonchev–Trinajstić information content (AvgIpc) is 2.51. The first-order chi connectivity index (χ1) is 10.2. The third kappa shape index (κ3) is 5.40. The molecular formula is C17H20BrNO2. The molecule has 3 nitrogen and oxygen atoms in total. The van der Waals surface area contributed by atoms with E-state index in [2.05, 4.69) is 28.2 Å². The largest absolute Gasteiger partial charge is 0.491 e. The molecule has 0 radical (unpaired) electrons. The lowest BCUT2D eigenvalue weighted by molar-refractivity contribution is 0.117. The highest BCUT2D eigenvalue weighted by atomic mass is 79.9. The predicted molar refractivity (Wildman–Crippen MR) is 90.0 cm³/mol. The summed E-state index contributed by atoms with van der Waals surface area (Å²) in [6.07, 6.45) is 0.453. The number of anilines is 1. The van der Waals surface area contributed by atoms with E-state index in [1.807, 2.05) is 48.5 Å². The highest BCUT2D eigenvalue weighted by Gasteiger charge is 2.05. The second-order valence-electron chi connectivity index (χ2n) is 4.85. The van der Waals surface area contributed by atoms with Gasteiger partial charge in [-0.05, 0) is 42.3 Å². The van der Waals surface area contributed by atoms with E-state index in [0.717, 1.165) is 22.3 Å². The Balaban J connectivity index is 1.75. The maximum Gasteiger partial charge on any atom is 0.119 e. The lowest BCUT2D eigenvalue weighted by Gasteiger charge is -2.14. The van der Waals surface area contributed by atoms with Gasteiger partial charge >= 0.3 is 0 Å². The summed E-state index contributed by atoms with van der Waals surface area (Å²) < 4.78 is 6.59. The molecule has 0 fully saturated rings. The molecule has 4 heteroatoms. The van der Waals surface area contributed by atoms with Crippen LogP contribution in [0, 0.1) is 0 Å². The third-order valence-electron chi connectivity index (χ3n) is 3.14. The first-order valence-corrected chi connectivity index (χ1v) is 7.86. The third-order valence-corrected chi connectivity index (χ3v) is 3.63. The van der Waals surface area contributed by atoms with Crippen molar-refractivity contribution in [3.05, 3.63) is 58.6 Å². The van der Waals surface area contributed by atoms with Crippen molar-refractivity contribution in [2.75, 3.05) is 18.5 Å². The average molecular weight is 350 g/mol. The number of aliphatic hydroxyl groups excluding tert-OH is 1. The molecule has 0 aliphatic heterocycles. The summed E-state index contributed by atoms with van der Waals surface area (Å²) in [6.45, 7) is 2.84. The number of hydrogen-bond donors (Lipinski definition) is 2. The van der Waals surface area contributed by atoms with Crippen LogP contribution in [-0.2, 0) is 6.42 Å². The van der Waals surface area contributed by atoms with Crippen LogP contribution in [0.1, 0.15) is 12.5 Å². The summed E-state index contributed by atoms with van der Waals surface area (Å²) in [6, 6.07) is 15.8. The fourth-order valence-electron chi connectivity index (χ4n) is 1.91. The molecule has 1 unspecified atom stereocenters. The van der Waals surface area contributed by atoms with Crippen molar-refractivity contribution in [2.24, 2.45) is 0 Å². The van der Waals surface area contributed by atoms with Crippen LogP contribution in [0.3, 0.4) is 0 Å². The summed E-state index contributed by atoms with van der Waals surface area (Å²) in [5.41, 5.74) is 2.25. The molecule has 0 saturated carbocycles. The van der Waals surface area contributed by atoms with Crippen LogP contribution in [0.2, 0.25) is 0 Å². The van der Waals surface area contributed by atoms with Crippen LogP contribution in [0.15, 0.2) is 53.0 Å². The first-order valence-electron chi connectivity index (χ1n) is 7.06. The Morgan fingerprint density at radius 1 is 1.19 bits per heavy atom. The van der Waals surface area contributed by atoms with Crippen molar-refractivity contribution in [3.63, 3.8) is 0 Å². The fourth-order valence-corrected chi connectivity index (χ4v) is 2.31. The second kappa shape index (κ2) is 8.05. The van der Waals surface area contributed by atoms with Gasteiger partial charge in [0.2, 0.25) is 0 Å². The lowest BCUT2D eigenvalue weighted by Crippen LogP contribution is -2.26. The summed E-state index contributed by atoms with van der Waals surface area (Å²) in [4.78, 5) is 0. The topological polar surface area (TPSA) is 41.5 Å². The summed E-state index contributed by atoms with van der Waals surface area (Å²) >= 11 is 3.41. The van der Waals surface area contributed by atoms with E-state index in [1.165, 1.54) is 5.56 Å². The quantitative estimate of drug-likeness (QED) is 0.797. The van der Waals surface area contributed by atoms with E-state index >= 15 is 0 Å². The van der Waals surface area contributed by atoms with Crippen LogP contribution in [-0.4, -0.2) is 24.4 Å². The minimum Gasteiger partial charge on any atom is -0.491 e. The van der Waals surface area contributed by atoms with Gasteiger partial charge in [0.25, 0.3) is 0 Å². The van der Waals surface area contributed by atoms with Crippen LogP contribution in [0.5, 0.6) is 5.75 Å². The molecular weight excluding hydrogens is 330 g/mol. The molecule has 112 valence electrons. The van der Waals surface area contributed by atoms with E-state index < -0.39 is 6.10 Å². The molecule has 0 heterocycles. The maximum absolute atomic E-state index is 9.94. The number of benzene rings is 2. The Hall–Kier alpha value is -1.52. The molecule has 21 heavy (non-hydrogen) atoms. The van der Waals surface area contributed by atoms with E-state index in [-0.39, 0.29) is 6.61 Å². The Morgan fingerprint density at radius 2 is 1.95 bits per heavy atom. The van der Waals surface area contributed by atoms with Gasteiger partial charge in [0.05, 0.1) is 0 Å². The van der Waals surface area contributed by atoms with Crippen LogP contribution in [0.4, 0.5) is 5.69 Å². The van der Waals surface area contributed by atoms with E-state index in [9.17, 15) is 5.11 Å². The minimum absolute atomic E-state index is 0.270. The van der Waals surface area contributed by atoms with Crippen molar-refractivity contribution in [1.29, 1.82) is 0 Å². The van der Waals surface area contributed by atoms with Crippen molar-refractivity contribution in [3.8, 4) is 5.75 Å². The zero-order valence-electron chi connectivity index (χ0n) is 12.1. The first kappa shape index (κ1) is 15.9. The number of hydrogen-bond acceptors (Lipinski definition) is 3. The highest BCUT2D eigenvalue weighted by molar-refractivity contribution is 9.10. The standard InChI is InChI=1S/C17H20BrNO2/c1-2-13-6-8-17(9-7-13)21-12-16(20)11-19-15-5-3-4-14(18)10-15/h3-10,16,19-20H,2,11-12H2,1H3. The van der Waals surface area contributed by atoms with E-state index in [4.69, 9.17) is 4.74 Å². The number of rotatable bonds is 7. The summed E-state index contributed by atoms with van der Waals surface area (Å²) in [5.74, 6) is 0.786. The van der Waals surface area contributed by atoms with Gasteiger partial charge in [-0.25, -0.2) is 0 Å². The molecule has 2 aromatic rings. The SMILES string of the molecule is CCc1ccc(OCC(O)CNc2cccc(Br)c2)cc1. The van der Waals surface area contributed by atoms with E-state index in [1.54, 1.807) is 0 Å². The number of halogens is 1. The van der Waals surface area contributed by atoms with Crippen molar-refractivity contribution >= 4 is 21.6 Å². The lowest BCUT2D eigenvalue weighted by atomic mass is 10.2. The predicted octanol–water partition coefficient (Wildman–Crippen LogP) is 3.86. The molecule has 0 amide bonds.